The van der Waals surface area contributed by atoms with E-state index in [4.69, 9.17) is 4.84 Å². The summed E-state index contributed by atoms with van der Waals surface area (Å²) in [6.07, 6.45) is 3.14. The van der Waals surface area contributed by atoms with Crippen LogP contribution in [0.4, 0.5) is 4.79 Å². The smallest absolute Gasteiger partial charge is 0.303 e. The van der Waals surface area contributed by atoms with Gasteiger partial charge >= 0.3 is 6.09 Å². The monoisotopic (exact) mass is 209 g/mol. The molecule has 0 radical (unpaired) electrons. The van der Waals surface area contributed by atoms with Crippen LogP contribution in [-0.4, -0.2) is 24.1 Å². The lowest BCUT2D eigenvalue weighted by molar-refractivity contribution is -0.869. The van der Waals surface area contributed by atoms with Crippen molar-refractivity contribution in [3.05, 3.63) is 30.1 Å². The van der Waals surface area contributed by atoms with Crippen LogP contribution in [0.3, 0.4) is 0 Å². The number of hydrogen-bond acceptors (Lipinski definition) is 2. The van der Waals surface area contributed by atoms with Crippen molar-refractivity contribution < 1.29 is 14.4 Å². The fraction of sp³-hybridized carbons (Fsp3) is 0.455. The number of carbonyl (C=O) groups excluding carboxylic acids is 1. The van der Waals surface area contributed by atoms with Crippen LogP contribution in [0.5, 0.6) is 0 Å². The average molecular weight is 209 g/mol. The van der Waals surface area contributed by atoms with Gasteiger partial charge in [0.15, 0.2) is 0 Å². The lowest BCUT2D eigenvalue weighted by Gasteiger charge is -2.13. The Morgan fingerprint density at radius 3 is 2.67 bits per heavy atom. The van der Waals surface area contributed by atoms with Gasteiger partial charge < -0.3 is 4.90 Å². The van der Waals surface area contributed by atoms with Crippen molar-refractivity contribution in [1.29, 1.82) is 0 Å². The van der Waals surface area contributed by atoms with Gasteiger partial charge in [0.05, 0.1) is 0 Å². The third kappa shape index (κ3) is 3.23. The lowest BCUT2D eigenvalue weighted by atomic mass is 10.3. The zero-order valence-corrected chi connectivity index (χ0v) is 9.43. The predicted octanol–water partition coefficient (Wildman–Crippen LogP) is 1.17. The molecule has 0 aliphatic carbocycles. The summed E-state index contributed by atoms with van der Waals surface area (Å²) in [5.74, 6) is 0. The molecule has 0 saturated carbocycles. The normalized spacial score (nSPS) is 9.80. The van der Waals surface area contributed by atoms with Crippen LogP contribution < -0.4 is 9.57 Å². The van der Waals surface area contributed by atoms with Crippen LogP contribution in [0.25, 0.3) is 0 Å². The number of rotatable bonds is 3. The first-order valence-corrected chi connectivity index (χ1v) is 5.12. The Hall–Kier alpha value is -1.58. The van der Waals surface area contributed by atoms with Gasteiger partial charge in [-0.15, -0.1) is 0 Å². The SMILES string of the molecule is CCN(CC)C(=O)O[n+]1cccc(C)c1. The van der Waals surface area contributed by atoms with E-state index in [9.17, 15) is 4.79 Å². The van der Waals surface area contributed by atoms with Crippen LogP contribution in [0.2, 0.25) is 0 Å². The third-order valence-corrected chi connectivity index (χ3v) is 2.13. The van der Waals surface area contributed by atoms with Crippen LogP contribution >= 0.6 is 0 Å². The molecule has 1 amide bonds. The third-order valence-electron chi connectivity index (χ3n) is 2.13. The van der Waals surface area contributed by atoms with Crippen LogP contribution in [0, 0.1) is 6.92 Å². The first kappa shape index (κ1) is 11.5. The van der Waals surface area contributed by atoms with E-state index >= 15 is 0 Å². The number of aromatic nitrogens is 1. The van der Waals surface area contributed by atoms with Gasteiger partial charge in [0.25, 0.3) is 0 Å². The van der Waals surface area contributed by atoms with Crippen molar-refractivity contribution in [2.75, 3.05) is 13.1 Å². The summed E-state index contributed by atoms with van der Waals surface area (Å²) in [4.78, 5) is 18.3. The van der Waals surface area contributed by atoms with E-state index in [0.29, 0.717) is 13.1 Å². The van der Waals surface area contributed by atoms with Gasteiger partial charge in [-0.1, -0.05) is 0 Å². The molecule has 0 N–H and O–H groups in total. The molecule has 0 spiro atoms. The van der Waals surface area contributed by atoms with Crippen molar-refractivity contribution in [2.45, 2.75) is 20.8 Å². The summed E-state index contributed by atoms with van der Waals surface area (Å²) in [6, 6.07) is 3.78. The molecular formula is C11H17N2O2+. The van der Waals surface area contributed by atoms with Crippen molar-refractivity contribution >= 4 is 6.09 Å². The molecule has 0 fully saturated rings. The number of aryl methyl sites for hydroxylation is 1. The van der Waals surface area contributed by atoms with Gasteiger partial charge in [0.2, 0.25) is 12.4 Å². The topological polar surface area (TPSA) is 33.4 Å². The van der Waals surface area contributed by atoms with E-state index in [1.165, 1.54) is 4.73 Å². The van der Waals surface area contributed by atoms with Crippen molar-refractivity contribution in [3.63, 3.8) is 0 Å². The Kier molecular flexibility index (Phi) is 4.09. The first-order chi connectivity index (χ1) is 7.17. The Morgan fingerprint density at radius 1 is 1.47 bits per heavy atom. The number of pyridine rings is 1. The zero-order chi connectivity index (χ0) is 11.3. The molecule has 0 saturated heterocycles. The molecule has 82 valence electrons. The van der Waals surface area contributed by atoms with E-state index < -0.39 is 0 Å². The highest BCUT2D eigenvalue weighted by atomic mass is 16.7. The van der Waals surface area contributed by atoms with E-state index in [0.717, 1.165) is 5.56 Å². The maximum atomic E-state index is 11.6. The van der Waals surface area contributed by atoms with Gasteiger partial charge in [-0.2, -0.15) is 4.84 Å². The molecule has 15 heavy (non-hydrogen) atoms. The summed E-state index contributed by atoms with van der Waals surface area (Å²) in [6.45, 7) is 7.10. The maximum Gasteiger partial charge on any atom is 0.478 e. The van der Waals surface area contributed by atoms with Crippen molar-refractivity contribution in [2.24, 2.45) is 0 Å². The number of carbonyl (C=O) groups is 1. The molecule has 1 rings (SSSR count). The first-order valence-electron chi connectivity index (χ1n) is 5.12. The highest BCUT2D eigenvalue weighted by Gasteiger charge is 2.16. The summed E-state index contributed by atoms with van der Waals surface area (Å²) in [7, 11) is 0. The largest absolute Gasteiger partial charge is 0.478 e. The summed E-state index contributed by atoms with van der Waals surface area (Å²) in [5.41, 5.74) is 1.05. The zero-order valence-electron chi connectivity index (χ0n) is 9.43. The molecule has 1 heterocycles. The minimum Gasteiger partial charge on any atom is -0.303 e. The Morgan fingerprint density at radius 2 is 2.13 bits per heavy atom. The second kappa shape index (κ2) is 5.34. The molecule has 0 aliphatic rings. The lowest BCUT2D eigenvalue weighted by Crippen LogP contribution is -2.50. The molecule has 4 nitrogen and oxygen atoms in total. The summed E-state index contributed by atoms with van der Waals surface area (Å²) < 4.78 is 1.43. The Balaban J connectivity index is 2.65. The quantitative estimate of drug-likeness (QED) is 0.700. The molecule has 0 bridgehead atoms. The van der Waals surface area contributed by atoms with E-state index in [2.05, 4.69) is 0 Å². The maximum absolute atomic E-state index is 11.6. The van der Waals surface area contributed by atoms with Crippen LogP contribution in [0.15, 0.2) is 24.5 Å². The summed E-state index contributed by atoms with van der Waals surface area (Å²) >= 11 is 0. The number of amides is 1. The molecule has 1 aromatic rings. The Bertz CT molecular complexity index is 335. The number of hydrogen-bond donors (Lipinski definition) is 0. The second-order valence-electron chi connectivity index (χ2n) is 3.27. The van der Waals surface area contributed by atoms with Gasteiger partial charge in [-0.05, 0) is 26.8 Å². The average Bonchev–Trinajstić information content (AvgIpc) is 2.19. The number of nitrogens with zero attached hydrogens (tertiary/aromatic N) is 2. The van der Waals surface area contributed by atoms with Gasteiger partial charge in [0, 0.05) is 29.4 Å². The molecule has 0 aliphatic heterocycles. The molecule has 0 atom stereocenters. The highest BCUT2D eigenvalue weighted by Crippen LogP contribution is 1.91. The minimum absolute atomic E-state index is 0.324. The molecular weight excluding hydrogens is 192 g/mol. The van der Waals surface area contributed by atoms with E-state index in [1.807, 2.05) is 32.9 Å². The van der Waals surface area contributed by atoms with Crippen LogP contribution in [0.1, 0.15) is 19.4 Å². The van der Waals surface area contributed by atoms with Gasteiger partial charge in [0.1, 0.15) is 0 Å². The molecule has 1 aromatic heterocycles. The van der Waals surface area contributed by atoms with Crippen LogP contribution in [-0.2, 0) is 0 Å². The van der Waals surface area contributed by atoms with Gasteiger partial charge in [-0.25, -0.2) is 4.79 Å². The van der Waals surface area contributed by atoms with E-state index in [1.54, 1.807) is 17.3 Å². The second-order valence-corrected chi connectivity index (χ2v) is 3.27. The highest BCUT2D eigenvalue weighted by molar-refractivity contribution is 5.66. The van der Waals surface area contributed by atoms with E-state index in [-0.39, 0.29) is 6.09 Å². The summed E-state index contributed by atoms with van der Waals surface area (Å²) in [5, 5.41) is 0. The molecule has 0 aromatic carbocycles. The van der Waals surface area contributed by atoms with Gasteiger partial charge in [-0.3, -0.25) is 0 Å². The molecule has 4 heteroatoms. The van der Waals surface area contributed by atoms with Crippen molar-refractivity contribution in [1.82, 2.24) is 4.90 Å². The minimum atomic E-state index is -0.324. The predicted molar refractivity (Wildman–Crippen MR) is 56.3 cm³/mol. The fourth-order valence-corrected chi connectivity index (χ4v) is 1.25. The standard InChI is InChI=1S/C11H17N2O2/c1-4-12(5-2)11(14)15-13-8-6-7-10(3)9-13/h6-9H,4-5H2,1-3H3/q+1. The molecule has 0 unspecified atom stereocenters. The fourth-order valence-electron chi connectivity index (χ4n) is 1.25. The van der Waals surface area contributed by atoms with Crippen molar-refractivity contribution in [3.8, 4) is 0 Å². The Labute approximate surface area is 90.0 Å².